The Bertz CT molecular complexity index is 517. The summed E-state index contributed by atoms with van der Waals surface area (Å²) < 4.78 is 10.9. The molecule has 3 rings (SSSR count). The zero-order valence-corrected chi connectivity index (χ0v) is 11.7. The number of nitrogens with zero attached hydrogens (tertiary/aromatic N) is 2. The number of aromatic nitrogens is 1. The fraction of sp³-hybridized carbons (Fsp3) is 0.571. The summed E-state index contributed by atoms with van der Waals surface area (Å²) in [7, 11) is 0. The minimum absolute atomic E-state index is 0.0405. The predicted molar refractivity (Wildman–Crippen MR) is 74.7 cm³/mol. The summed E-state index contributed by atoms with van der Waals surface area (Å²) in [6, 6.07) is 1.81. The molecule has 7 heteroatoms. The molecule has 0 unspecified atom stereocenters. The minimum atomic E-state index is -0.904. The summed E-state index contributed by atoms with van der Waals surface area (Å²) in [6.45, 7) is 3.00. The van der Waals surface area contributed by atoms with Gasteiger partial charge in [0.15, 0.2) is 11.5 Å². The van der Waals surface area contributed by atoms with Crippen molar-refractivity contribution >= 4 is 6.09 Å². The van der Waals surface area contributed by atoms with E-state index < -0.39 is 6.09 Å². The van der Waals surface area contributed by atoms with E-state index in [-0.39, 0.29) is 12.6 Å². The van der Waals surface area contributed by atoms with Crippen molar-refractivity contribution in [1.82, 2.24) is 15.2 Å². The Hall–Kier alpha value is -2.02. The molecule has 2 N–H and O–H groups in total. The summed E-state index contributed by atoms with van der Waals surface area (Å²) in [6.07, 6.45) is 2.36. The highest BCUT2D eigenvalue weighted by atomic mass is 16.6. The molecule has 0 atom stereocenters. The van der Waals surface area contributed by atoms with Crippen molar-refractivity contribution in [3.05, 3.63) is 18.0 Å². The first-order chi connectivity index (χ1) is 10.2. The van der Waals surface area contributed by atoms with Gasteiger partial charge in [-0.1, -0.05) is 0 Å². The van der Waals surface area contributed by atoms with E-state index in [1.54, 1.807) is 12.3 Å². The Morgan fingerprint density at radius 3 is 2.76 bits per heavy atom. The van der Waals surface area contributed by atoms with E-state index in [0.29, 0.717) is 30.4 Å². The normalized spacial score (nSPS) is 18.3. The van der Waals surface area contributed by atoms with Crippen molar-refractivity contribution in [3.63, 3.8) is 0 Å². The lowest BCUT2D eigenvalue weighted by Crippen LogP contribution is -2.45. The number of ether oxygens (including phenoxy) is 2. The third-order valence-corrected chi connectivity index (χ3v) is 3.81. The summed E-state index contributed by atoms with van der Waals surface area (Å²) in [5.41, 5.74) is 0.681. The lowest BCUT2D eigenvalue weighted by Gasteiger charge is -2.32. The van der Waals surface area contributed by atoms with Crippen molar-refractivity contribution in [2.75, 3.05) is 26.3 Å². The summed E-state index contributed by atoms with van der Waals surface area (Å²) in [5.74, 6) is 1.26. The number of hydrogen-bond donors (Lipinski definition) is 2. The average molecular weight is 293 g/mol. The highest BCUT2D eigenvalue weighted by Crippen LogP contribution is 2.30. The van der Waals surface area contributed by atoms with Crippen LogP contribution in [0.15, 0.2) is 12.3 Å². The standard InChI is InChI=1S/C14H19N3O4/c18-14(19)17(11-1-3-15-4-2-11)9-10-7-12-13(8-16-10)21-6-5-20-12/h7-8,11,15H,1-6,9H2,(H,18,19). The van der Waals surface area contributed by atoms with Crippen LogP contribution in [0.2, 0.25) is 0 Å². The second-order valence-electron chi connectivity index (χ2n) is 5.21. The third kappa shape index (κ3) is 3.18. The van der Waals surface area contributed by atoms with Gasteiger partial charge in [-0.3, -0.25) is 9.88 Å². The predicted octanol–water partition coefficient (Wildman–Crippen LogP) is 1.08. The van der Waals surface area contributed by atoms with Gasteiger partial charge < -0.3 is 19.9 Å². The fourth-order valence-electron chi connectivity index (χ4n) is 2.72. The van der Waals surface area contributed by atoms with E-state index >= 15 is 0 Å². The van der Waals surface area contributed by atoms with Gasteiger partial charge in [-0.15, -0.1) is 0 Å². The molecule has 0 aromatic carbocycles. The van der Waals surface area contributed by atoms with Crippen molar-refractivity contribution in [2.24, 2.45) is 0 Å². The Morgan fingerprint density at radius 1 is 1.33 bits per heavy atom. The third-order valence-electron chi connectivity index (χ3n) is 3.81. The van der Waals surface area contributed by atoms with Crippen LogP contribution in [0, 0.1) is 0 Å². The topological polar surface area (TPSA) is 83.9 Å². The first-order valence-electron chi connectivity index (χ1n) is 7.19. The van der Waals surface area contributed by atoms with Crippen LogP contribution < -0.4 is 14.8 Å². The smallest absolute Gasteiger partial charge is 0.407 e. The van der Waals surface area contributed by atoms with E-state index in [4.69, 9.17) is 9.47 Å². The van der Waals surface area contributed by atoms with E-state index in [9.17, 15) is 9.90 Å². The van der Waals surface area contributed by atoms with Gasteiger partial charge in [0.25, 0.3) is 0 Å². The van der Waals surface area contributed by atoms with Gasteiger partial charge in [0.05, 0.1) is 18.4 Å². The van der Waals surface area contributed by atoms with Gasteiger partial charge in [-0.25, -0.2) is 4.79 Å². The number of hydrogen-bond acceptors (Lipinski definition) is 5. The highest BCUT2D eigenvalue weighted by Gasteiger charge is 2.26. The van der Waals surface area contributed by atoms with Crippen molar-refractivity contribution in [2.45, 2.75) is 25.4 Å². The summed E-state index contributed by atoms with van der Waals surface area (Å²) in [4.78, 5) is 17.3. The number of carbonyl (C=O) groups is 1. The molecule has 21 heavy (non-hydrogen) atoms. The lowest BCUT2D eigenvalue weighted by atomic mass is 10.0. The van der Waals surface area contributed by atoms with Crippen LogP contribution in [-0.2, 0) is 6.54 Å². The van der Waals surface area contributed by atoms with E-state index in [1.165, 1.54) is 4.90 Å². The molecule has 1 fully saturated rings. The summed E-state index contributed by atoms with van der Waals surface area (Å²) >= 11 is 0. The number of fused-ring (bicyclic) bond motifs is 1. The minimum Gasteiger partial charge on any atom is -0.486 e. The first-order valence-corrected chi connectivity index (χ1v) is 7.19. The molecular formula is C14H19N3O4. The van der Waals surface area contributed by atoms with Gasteiger partial charge in [-0.05, 0) is 25.9 Å². The van der Waals surface area contributed by atoms with Crippen LogP contribution in [0.1, 0.15) is 18.5 Å². The highest BCUT2D eigenvalue weighted by molar-refractivity contribution is 5.65. The van der Waals surface area contributed by atoms with Gasteiger partial charge in [0.2, 0.25) is 0 Å². The van der Waals surface area contributed by atoms with Gasteiger partial charge >= 0.3 is 6.09 Å². The van der Waals surface area contributed by atoms with E-state index in [0.717, 1.165) is 25.9 Å². The molecule has 2 aliphatic heterocycles. The maximum absolute atomic E-state index is 11.5. The molecule has 114 valence electrons. The molecule has 1 amide bonds. The number of amides is 1. The molecular weight excluding hydrogens is 274 g/mol. The Labute approximate surface area is 122 Å². The molecule has 1 aromatic heterocycles. The second-order valence-corrected chi connectivity index (χ2v) is 5.21. The zero-order valence-electron chi connectivity index (χ0n) is 11.7. The van der Waals surface area contributed by atoms with Crippen LogP contribution in [0.4, 0.5) is 4.79 Å². The maximum Gasteiger partial charge on any atom is 0.407 e. The molecule has 0 bridgehead atoms. The number of piperidine rings is 1. The number of pyridine rings is 1. The second kappa shape index (κ2) is 6.17. The monoisotopic (exact) mass is 293 g/mol. The lowest BCUT2D eigenvalue weighted by molar-refractivity contribution is 0.108. The molecule has 0 saturated carbocycles. The Balaban J connectivity index is 1.74. The Kier molecular flexibility index (Phi) is 4.10. The average Bonchev–Trinajstić information content (AvgIpc) is 2.53. The van der Waals surface area contributed by atoms with Crippen LogP contribution in [0.3, 0.4) is 0 Å². The zero-order chi connectivity index (χ0) is 14.7. The van der Waals surface area contributed by atoms with E-state index in [1.807, 2.05) is 0 Å². The Morgan fingerprint density at radius 2 is 2.05 bits per heavy atom. The van der Waals surface area contributed by atoms with Gasteiger partial charge in [0.1, 0.15) is 13.2 Å². The van der Waals surface area contributed by atoms with Gasteiger partial charge in [-0.2, -0.15) is 0 Å². The number of carboxylic acid groups (broad SMARTS) is 1. The van der Waals surface area contributed by atoms with Crippen LogP contribution >= 0.6 is 0 Å². The van der Waals surface area contributed by atoms with Gasteiger partial charge in [0, 0.05) is 12.1 Å². The van der Waals surface area contributed by atoms with Crippen LogP contribution in [0.25, 0.3) is 0 Å². The molecule has 0 spiro atoms. The maximum atomic E-state index is 11.5. The van der Waals surface area contributed by atoms with Crippen LogP contribution in [0.5, 0.6) is 11.5 Å². The summed E-state index contributed by atoms with van der Waals surface area (Å²) in [5, 5.41) is 12.7. The molecule has 7 nitrogen and oxygen atoms in total. The van der Waals surface area contributed by atoms with Crippen molar-refractivity contribution in [1.29, 1.82) is 0 Å². The molecule has 0 aliphatic carbocycles. The van der Waals surface area contributed by atoms with E-state index in [2.05, 4.69) is 10.3 Å². The first kappa shape index (κ1) is 13.9. The SMILES string of the molecule is O=C(O)N(Cc1cc2c(cn1)OCCO2)C1CCNCC1. The van der Waals surface area contributed by atoms with Crippen molar-refractivity contribution < 1.29 is 19.4 Å². The molecule has 0 radical (unpaired) electrons. The molecule has 1 saturated heterocycles. The molecule has 3 heterocycles. The number of rotatable bonds is 3. The quantitative estimate of drug-likeness (QED) is 0.868. The molecule has 1 aromatic rings. The number of nitrogens with one attached hydrogen (secondary N) is 1. The largest absolute Gasteiger partial charge is 0.486 e. The van der Waals surface area contributed by atoms with Crippen molar-refractivity contribution in [3.8, 4) is 11.5 Å². The fourth-order valence-corrected chi connectivity index (χ4v) is 2.72. The molecule has 2 aliphatic rings. The van der Waals surface area contributed by atoms with Crippen LogP contribution in [-0.4, -0.2) is 53.4 Å².